The zero-order chi connectivity index (χ0) is 21.8. The summed E-state index contributed by atoms with van der Waals surface area (Å²) in [5.41, 5.74) is 6.09. The van der Waals surface area contributed by atoms with Gasteiger partial charge in [-0.2, -0.15) is 0 Å². The molecule has 4 heterocycles. The smallest absolute Gasteiger partial charge is 0.259 e. The summed E-state index contributed by atoms with van der Waals surface area (Å²) in [6.07, 6.45) is 0.761. The average Bonchev–Trinajstić information content (AvgIpc) is 3.38. The van der Waals surface area contributed by atoms with Gasteiger partial charge in [-0.15, -0.1) is 0 Å². The molecule has 1 aliphatic heterocycles. The van der Waals surface area contributed by atoms with Gasteiger partial charge in [-0.1, -0.05) is 23.4 Å². The molecule has 1 aliphatic rings. The molecular weight excluding hydrogens is 407 g/mol. The summed E-state index contributed by atoms with van der Waals surface area (Å²) in [6.45, 7) is 2.94. The van der Waals surface area contributed by atoms with E-state index >= 15 is 0 Å². The van der Waals surface area contributed by atoms with Gasteiger partial charge < -0.3 is 14.4 Å². The monoisotopic (exact) mass is 426 g/mol. The van der Waals surface area contributed by atoms with E-state index < -0.39 is 0 Å². The fourth-order valence-corrected chi connectivity index (χ4v) is 4.54. The molecule has 7 heteroatoms. The second kappa shape index (κ2) is 7.02. The minimum Gasteiger partial charge on any atom is -0.358 e. The van der Waals surface area contributed by atoms with Gasteiger partial charge in [-0.25, -0.2) is 9.37 Å². The Morgan fingerprint density at radius 1 is 1.16 bits per heavy atom. The van der Waals surface area contributed by atoms with E-state index in [1.54, 1.807) is 25.1 Å². The highest BCUT2D eigenvalue weighted by Crippen LogP contribution is 2.31. The maximum atomic E-state index is 13.7. The first-order chi connectivity index (χ1) is 15.6. The summed E-state index contributed by atoms with van der Waals surface area (Å²) < 4.78 is 18.8. The van der Waals surface area contributed by atoms with Crippen LogP contribution < -0.4 is 0 Å². The van der Waals surface area contributed by atoms with Crippen molar-refractivity contribution in [3.63, 3.8) is 0 Å². The van der Waals surface area contributed by atoms with E-state index in [0.717, 1.165) is 22.9 Å². The Balaban J connectivity index is 1.44. The topological polar surface area (TPSA) is 75.0 Å². The number of H-pyrrole nitrogens is 1. The molecule has 0 bridgehead atoms. The first kappa shape index (κ1) is 18.7. The Morgan fingerprint density at radius 2 is 1.97 bits per heavy atom. The molecule has 1 amide bonds. The third kappa shape index (κ3) is 2.89. The Hall–Kier alpha value is -4.00. The molecule has 1 N–H and O–H groups in total. The van der Waals surface area contributed by atoms with Crippen LogP contribution in [0, 0.1) is 12.7 Å². The van der Waals surface area contributed by atoms with Gasteiger partial charge in [0.15, 0.2) is 0 Å². The van der Waals surface area contributed by atoms with E-state index in [1.807, 2.05) is 17.0 Å². The SMILES string of the molecule is Cc1noc2nc(-c3ccc(F)cc3)cc(C(=O)N3CCc4[nH]c5ccccc5c4C3)c12. The van der Waals surface area contributed by atoms with Crippen molar-refractivity contribution in [1.82, 2.24) is 20.0 Å². The number of carbonyl (C=O) groups is 1. The van der Waals surface area contributed by atoms with Crippen molar-refractivity contribution in [3.05, 3.63) is 82.9 Å². The minimum absolute atomic E-state index is 0.0945. The predicted molar refractivity (Wildman–Crippen MR) is 119 cm³/mol. The molecule has 32 heavy (non-hydrogen) atoms. The molecule has 0 atom stereocenters. The molecule has 0 saturated carbocycles. The van der Waals surface area contributed by atoms with Crippen molar-refractivity contribution >= 4 is 27.9 Å². The summed E-state index contributed by atoms with van der Waals surface area (Å²) in [7, 11) is 0. The molecule has 0 radical (unpaired) electrons. The number of aromatic nitrogens is 3. The number of hydrogen-bond donors (Lipinski definition) is 1. The third-order valence-electron chi connectivity index (χ3n) is 6.16. The largest absolute Gasteiger partial charge is 0.358 e. The average molecular weight is 426 g/mol. The summed E-state index contributed by atoms with van der Waals surface area (Å²) in [5, 5.41) is 5.79. The third-order valence-corrected chi connectivity index (χ3v) is 6.16. The number of rotatable bonds is 2. The maximum absolute atomic E-state index is 13.7. The molecular formula is C25H19FN4O2. The second-order valence-electron chi connectivity index (χ2n) is 8.11. The molecule has 0 aliphatic carbocycles. The Kier molecular flexibility index (Phi) is 4.11. The molecule has 2 aromatic carbocycles. The van der Waals surface area contributed by atoms with Crippen LogP contribution in [0.1, 0.15) is 27.3 Å². The lowest BCUT2D eigenvalue weighted by Crippen LogP contribution is -2.36. The number of fused-ring (bicyclic) bond motifs is 4. The van der Waals surface area contributed by atoms with Gasteiger partial charge in [0.25, 0.3) is 11.6 Å². The highest BCUT2D eigenvalue weighted by atomic mass is 19.1. The summed E-state index contributed by atoms with van der Waals surface area (Å²) in [4.78, 5) is 23.6. The Labute approximate surface area is 182 Å². The van der Waals surface area contributed by atoms with Crippen LogP contribution in [0.2, 0.25) is 0 Å². The molecule has 158 valence electrons. The van der Waals surface area contributed by atoms with Crippen molar-refractivity contribution in [2.75, 3.05) is 6.54 Å². The number of para-hydroxylation sites is 1. The number of hydrogen-bond acceptors (Lipinski definition) is 4. The fourth-order valence-electron chi connectivity index (χ4n) is 4.54. The summed E-state index contributed by atoms with van der Waals surface area (Å²) >= 11 is 0. The molecule has 3 aromatic heterocycles. The van der Waals surface area contributed by atoms with Crippen LogP contribution >= 0.6 is 0 Å². The van der Waals surface area contributed by atoms with E-state index in [0.29, 0.717) is 46.7 Å². The van der Waals surface area contributed by atoms with Gasteiger partial charge in [0, 0.05) is 47.2 Å². The first-order valence-electron chi connectivity index (χ1n) is 10.5. The van der Waals surface area contributed by atoms with Crippen LogP contribution in [0.25, 0.3) is 33.3 Å². The molecule has 5 aromatic rings. The number of aryl methyl sites for hydroxylation is 1. The highest BCUT2D eigenvalue weighted by Gasteiger charge is 2.28. The number of carbonyl (C=O) groups excluding carboxylic acids is 1. The summed E-state index contributed by atoms with van der Waals surface area (Å²) in [5.74, 6) is -0.424. The lowest BCUT2D eigenvalue weighted by molar-refractivity contribution is 0.0737. The minimum atomic E-state index is -0.329. The zero-order valence-electron chi connectivity index (χ0n) is 17.4. The van der Waals surface area contributed by atoms with E-state index in [2.05, 4.69) is 27.3 Å². The van der Waals surface area contributed by atoms with Crippen molar-refractivity contribution in [2.45, 2.75) is 19.9 Å². The quantitative estimate of drug-likeness (QED) is 0.430. The first-order valence-corrected chi connectivity index (χ1v) is 10.5. The highest BCUT2D eigenvalue weighted by molar-refractivity contribution is 6.07. The number of benzene rings is 2. The number of halogens is 1. The van der Waals surface area contributed by atoms with E-state index in [9.17, 15) is 9.18 Å². The number of nitrogens with zero attached hydrogens (tertiary/aromatic N) is 3. The van der Waals surface area contributed by atoms with Crippen molar-refractivity contribution in [1.29, 1.82) is 0 Å². The molecule has 0 spiro atoms. The van der Waals surface area contributed by atoms with Gasteiger partial charge in [-0.3, -0.25) is 4.79 Å². The number of pyridine rings is 1. The molecule has 0 fully saturated rings. The molecule has 6 rings (SSSR count). The molecule has 0 unspecified atom stereocenters. The van der Waals surface area contributed by atoms with Crippen molar-refractivity contribution in [3.8, 4) is 11.3 Å². The lowest BCUT2D eigenvalue weighted by atomic mass is 10.0. The van der Waals surface area contributed by atoms with Gasteiger partial charge in [0.05, 0.1) is 22.3 Å². The van der Waals surface area contributed by atoms with E-state index in [4.69, 9.17) is 4.52 Å². The van der Waals surface area contributed by atoms with Gasteiger partial charge in [0.2, 0.25) is 0 Å². The van der Waals surface area contributed by atoms with Crippen LogP contribution in [-0.4, -0.2) is 32.5 Å². The normalized spacial score (nSPS) is 13.6. The van der Waals surface area contributed by atoms with Gasteiger partial charge in [-0.05, 0) is 43.3 Å². The van der Waals surface area contributed by atoms with Crippen molar-refractivity contribution < 1.29 is 13.7 Å². The van der Waals surface area contributed by atoms with Gasteiger partial charge >= 0.3 is 0 Å². The Bertz CT molecular complexity index is 1500. The van der Waals surface area contributed by atoms with Crippen LogP contribution in [0.15, 0.2) is 59.1 Å². The standard InChI is InChI=1S/C25H19FN4O2/c1-14-23-18(12-22(28-24(23)32-29-14)15-6-8-16(26)9-7-15)25(31)30-11-10-21-19(13-30)17-4-2-3-5-20(17)27-21/h2-9,12,27H,10-11,13H2,1H3. The van der Waals surface area contributed by atoms with Crippen LogP contribution in [-0.2, 0) is 13.0 Å². The van der Waals surface area contributed by atoms with Gasteiger partial charge in [0.1, 0.15) is 5.82 Å². The maximum Gasteiger partial charge on any atom is 0.259 e. The molecule has 6 nitrogen and oxygen atoms in total. The number of aromatic amines is 1. The van der Waals surface area contributed by atoms with Crippen LogP contribution in [0.5, 0.6) is 0 Å². The number of nitrogens with one attached hydrogen (secondary N) is 1. The van der Waals surface area contributed by atoms with E-state index in [-0.39, 0.29) is 11.7 Å². The Morgan fingerprint density at radius 3 is 2.81 bits per heavy atom. The predicted octanol–water partition coefficient (Wildman–Crippen LogP) is 5.02. The summed E-state index contributed by atoms with van der Waals surface area (Å²) in [6, 6.07) is 15.9. The fraction of sp³-hybridized carbons (Fsp3) is 0.160. The van der Waals surface area contributed by atoms with Crippen molar-refractivity contribution in [2.24, 2.45) is 0 Å². The van der Waals surface area contributed by atoms with Crippen LogP contribution in [0.4, 0.5) is 4.39 Å². The van der Waals surface area contributed by atoms with Crippen LogP contribution in [0.3, 0.4) is 0 Å². The zero-order valence-corrected chi connectivity index (χ0v) is 17.4. The van der Waals surface area contributed by atoms with E-state index in [1.165, 1.54) is 17.8 Å². The lowest BCUT2D eigenvalue weighted by Gasteiger charge is -2.27. The number of amides is 1. The molecule has 0 saturated heterocycles. The second-order valence-corrected chi connectivity index (χ2v) is 8.11.